The molecule has 0 rings (SSSR count). The van der Waals surface area contributed by atoms with Crippen LogP contribution in [0.5, 0.6) is 0 Å². The molecule has 0 aliphatic carbocycles. The van der Waals surface area contributed by atoms with E-state index < -0.39 is 0 Å². The molecule has 0 aliphatic heterocycles. The molecule has 0 radical (unpaired) electrons. The van der Waals surface area contributed by atoms with Gasteiger partial charge in [0.1, 0.15) is 0 Å². The maximum absolute atomic E-state index is 11.1. The quantitative estimate of drug-likeness (QED) is 0.610. The van der Waals surface area contributed by atoms with E-state index in [4.69, 9.17) is 0 Å². The third-order valence-electron chi connectivity index (χ3n) is 2.36. The van der Waals surface area contributed by atoms with E-state index in [2.05, 4.69) is 16.4 Å². The maximum atomic E-state index is 11.1. The minimum Gasteiger partial charge on any atom is -0.469 e. The SMILES string of the molecule is CCCC(CCC(=O)OC)CC(=O)OC. The number of hydrogen-bond donors (Lipinski definition) is 0. The summed E-state index contributed by atoms with van der Waals surface area (Å²) >= 11 is 0. The van der Waals surface area contributed by atoms with Gasteiger partial charge in [0.15, 0.2) is 0 Å². The number of ether oxygens (including phenoxy) is 2. The fraction of sp³-hybridized carbons (Fsp3) is 0.818. The Morgan fingerprint density at radius 1 is 1.07 bits per heavy atom. The van der Waals surface area contributed by atoms with E-state index in [9.17, 15) is 9.59 Å². The summed E-state index contributed by atoms with van der Waals surface area (Å²) in [4.78, 5) is 22.0. The van der Waals surface area contributed by atoms with Crippen LogP contribution in [0.15, 0.2) is 0 Å². The zero-order valence-corrected chi connectivity index (χ0v) is 9.75. The lowest BCUT2D eigenvalue weighted by Gasteiger charge is -2.13. The van der Waals surface area contributed by atoms with Crippen LogP contribution in [-0.4, -0.2) is 26.2 Å². The zero-order chi connectivity index (χ0) is 11.7. The van der Waals surface area contributed by atoms with Crippen molar-refractivity contribution in [3.05, 3.63) is 0 Å². The molecule has 0 aromatic carbocycles. The van der Waals surface area contributed by atoms with Gasteiger partial charge in [-0.2, -0.15) is 0 Å². The van der Waals surface area contributed by atoms with Crippen molar-refractivity contribution in [1.29, 1.82) is 0 Å². The second-order valence-electron chi connectivity index (χ2n) is 3.55. The molecular formula is C11H20O4. The van der Waals surface area contributed by atoms with Crippen molar-refractivity contribution in [3.63, 3.8) is 0 Å². The summed E-state index contributed by atoms with van der Waals surface area (Å²) in [6.45, 7) is 2.06. The van der Waals surface area contributed by atoms with Gasteiger partial charge in [-0.15, -0.1) is 0 Å². The summed E-state index contributed by atoms with van der Waals surface area (Å²) in [7, 11) is 2.75. The fourth-order valence-corrected chi connectivity index (χ4v) is 1.50. The fourth-order valence-electron chi connectivity index (χ4n) is 1.50. The third kappa shape index (κ3) is 6.94. The van der Waals surface area contributed by atoms with Crippen LogP contribution in [0.4, 0.5) is 0 Å². The number of carbonyl (C=O) groups excluding carboxylic acids is 2. The minimum atomic E-state index is -0.221. The second kappa shape index (κ2) is 8.26. The van der Waals surface area contributed by atoms with Crippen LogP contribution in [0.25, 0.3) is 0 Å². The third-order valence-corrected chi connectivity index (χ3v) is 2.36. The van der Waals surface area contributed by atoms with Crippen molar-refractivity contribution >= 4 is 11.9 Å². The Morgan fingerprint density at radius 2 is 1.67 bits per heavy atom. The molecule has 1 atom stereocenters. The van der Waals surface area contributed by atoms with Gasteiger partial charge in [0.25, 0.3) is 0 Å². The first-order chi connectivity index (χ1) is 7.13. The van der Waals surface area contributed by atoms with Crippen molar-refractivity contribution in [1.82, 2.24) is 0 Å². The van der Waals surface area contributed by atoms with Crippen molar-refractivity contribution in [2.24, 2.45) is 5.92 Å². The Labute approximate surface area is 90.9 Å². The Balaban J connectivity index is 3.92. The smallest absolute Gasteiger partial charge is 0.305 e. The highest BCUT2D eigenvalue weighted by Crippen LogP contribution is 2.18. The standard InChI is InChI=1S/C11H20O4/c1-4-5-9(8-11(13)15-3)6-7-10(12)14-2/h9H,4-8H2,1-3H3. The van der Waals surface area contributed by atoms with E-state index in [0.29, 0.717) is 19.3 Å². The largest absolute Gasteiger partial charge is 0.469 e. The molecule has 0 fully saturated rings. The van der Waals surface area contributed by atoms with Gasteiger partial charge in [-0.25, -0.2) is 0 Å². The van der Waals surface area contributed by atoms with E-state index in [1.807, 2.05) is 0 Å². The summed E-state index contributed by atoms with van der Waals surface area (Å²) in [6, 6.07) is 0. The highest BCUT2D eigenvalue weighted by molar-refractivity contribution is 5.70. The lowest BCUT2D eigenvalue weighted by atomic mass is 9.94. The van der Waals surface area contributed by atoms with Crippen LogP contribution in [0.2, 0.25) is 0 Å². The first-order valence-corrected chi connectivity index (χ1v) is 5.27. The van der Waals surface area contributed by atoms with Gasteiger partial charge in [0, 0.05) is 12.8 Å². The maximum Gasteiger partial charge on any atom is 0.305 e. The van der Waals surface area contributed by atoms with Crippen LogP contribution in [0.3, 0.4) is 0 Å². The Hall–Kier alpha value is -1.06. The molecule has 0 saturated heterocycles. The molecule has 0 spiro atoms. The average molecular weight is 216 g/mol. The lowest BCUT2D eigenvalue weighted by molar-refractivity contribution is -0.144. The molecule has 4 nitrogen and oxygen atoms in total. The van der Waals surface area contributed by atoms with E-state index in [1.54, 1.807) is 0 Å². The van der Waals surface area contributed by atoms with Gasteiger partial charge < -0.3 is 9.47 Å². The van der Waals surface area contributed by atoms with Gasteiger partial charge in [0.2, 0.25) is 0 Å². The van der Waals surface area contributed by atoms with E-state index in [0.717, 1.165) is 12.8 Å². The zero-order valence-electron chi connectivity index (χ0n) is 9.75. The highest BCUT2D eigenvalue weighted by atomic mass is 16.5. The van der Waals surface area contributed by atoms with Gasteiger partial charge in [-0.1, -0.05) is 19.8 Å². The first kappa shape index (κ1) is 13.9. The minimum absolute atomic E-state index is 0.210. The molecule has 0 heterocycles. The van der Waals surface area contributed by atoms with Crippen molar-refractivity contribution in [2.45, 2.75) is 39.0 Å². The molecule has 1 unspecified atom stereocenters. The number of rotatable bonds is 7. The highest BCUT2D eigenvalue weighted by Gasteiger charge is 2.15. The van der Waals surface area contributed by atoms with E-state index in [1.165, 1.54) is 14.2 Å². The average Bonchev–Trinajstić information content (AvgIpc) is 2.25. The normalized spacial score (nSPS) is 11.9. The van der Waals surface area contributed by atoms with Crippen LogP contribution in [-0.2, 0) is 19.1 Å². The Morgan fingerprint density at radius 3 is 2.13 bits per heavy atom. The second-order valence-corrected chi connectivity index (χ2v) is 3.55. The number of carbonyl (C=O) groups is 2. The molecular weight excluding hydrogens is 196 g/mol. The van der Waals surface area contributed by atoms with Gasteiger partial charge in [0.05, 0.1) is 14.2 Å². The van der Waals surface area contributed by atoms with Gasteiger partial charge in [-0.05, 0) is 12.3 Å². The van der Waals surface area contributed by atoms with E-state index >= 15 is 0 Å². The van der Waals surface area contributed by atoms with Gasteiger partial charge in [-0.3, -0.25) is 9.59 Å². The summed E-state index contributed by atoms with van der Waals surface area (Å²) in [6.07, 6.45) is 3.39. The van der Waals surface area contributed by atoms with Crippen molar-refractivity contribution in [3.8, 4) is 0 Å². The monoisotopic (exact) mass is 216 g/mol. The molecule has 88 valence electrons. The Kier molecular flexibility index (Phi) is 7.68. The molecule has 0 aliphatic rings. The molecule has 0 saturated carbocycles. The first-order valence-electron chi connectivity index (χ1n) is 5.27. The number of methoxy groups -OCH3 is 2. The predicted molar refractivity (Wildman–Crippen MR) is 56.3 cm³/mol. The molecule has 0 N–H and O–H groups in total. The van der Waals surface area contributed by atoms with E-state index in [-0.39, 0.29) is 17.9 Å². The van der Waals surface area contributed by atoms with Crippen LogP contribution < -0.4 is 0 Å². The Bertz CT molecular complexity index is 201. The molecule has 0 amide bonds. The molecule has 4 heteroatoms. The summed E-state index contributed by atoms with van der Waals surface area (Å²) < 4.78 is 9.16. The topological polar surface area (TPSA) is 52.6 Å². The summed E-state index contributed by atoms with van der Waals surface area (Å²) in [5.41, 5.74) is 0. The van der Waals surface area contributed by atoms with Crippen molar-refractivity contribution < 1.29 is 19.1 Å². The molecule has 15 heavy (non-hydrogen) atoms. The van der Waals surface area contributed by atoms with Crippen LogP contribution >= 0.6 is 0 Å². The van der Waals surface area contributed by atoms with Crippen molar-refractivity contribution in [2.75, 3.05) is 14.2 Å². The summed E-state index contributed by atoms with van der Waals surface area (Å²) in [5.74, 6) is -0.208. The number of esters is 2. The van der Waals surface area contributed by atoms with Crippen LogP contribution in [0, 0.1) is 5.92 Å². The molecule has 0 aromatic rings. The lowest BCUT2D eigenvalue weighted by Crippen LogP contribution is -2.12. The molecule has 0 aromatic heterocycles. The number of hydrogen-bond acceptors (Lipinski definition) is 4. The van der Waals surface area contributed by atoms with Gasteiger partial charge >= 0.3 is 11.9 Å². The van der Waals surface area contributed by atoms with Crippen LogP contribution in [0.1, 0.15) is 39.0 Å². The molecule has 0 bridgehead atoms. The summed E-state index contributed by atoms with van der Waals surface area (Å²) in [5, 5.41) is 0. The predicted octanol–water partition coefficient (Wildman–Crippen LogP) is 1.92.